The number of anilines is 2. The number of rotatable bonds is 10. The number of morpholine rings is 1. The number of esters is 2. The van der Waals surface area contributed by atoms with Crippen LogP contribution in [0.1, 0.15) is 70.0 Å². The summed E-state index contributed by atoms with van der Waals surface area (Å²) in [6.07, 6.45) is -5.33. The summed E-state index contributed by atoms with van der Waals surface area (Å²) >= 11 is 0. The van der Waals surface area contributed by atoms with Crippen molar-refractivity contribution >= 4 is 53.0 Å². The van der Waals surface area contributed by atoms with Gasteiger partial charge in [-0.05, 0) is 89.1 Å². The van der Waals surface area contributed by atoms with Crippen LogP contribution in [0.25, 0.3) is 4.85 Å². The lowest BCUT2D eigenvalue weighted by atomic mass is 10.1. The first kappa shape index (κ1) is 41.5. The lowest BCUT2D eigenvalue weighted by molar-refractivity contribution is -0.167. The number of benzene rings is 3. The summed E-state index contributed by atoms with van der Waals surface area (Å²) in [4.78, 5) is 84.1. The van der Waals surface area contributed by atoms with Crippen LogP contribution in [0.4, 0.5) is 26.7 Å². The van der Waals surface area contributed by atoms with E-state index in [-0.39, 0.29) is 42.3 Å². The maximum Gasteiger partial charge on any atom is 0.420 e. The Morgan fingerprint density at radius 1 is 0.927 bits per heavy atom. The van der Waals surface area contributed by atoms with Gasteiger partial charge in [-0.2, -0.15) is 0 Å². The molecule has 3 aromatic rings. The van der Waals surface area contributed by atoms with Crippen molar-refractivity contribution in [3.8, 4) is 0 Å². The Morgan fingerprint density at radius 3 is 2.11 bits per heavy atom. The van der Waals surface area contributed by atoms with Gasteiger partial charge >= 0.3 is 24.1 Å². The molecule has 15 heteroatoms. The van der Waals surface area contributed by atoms with E-state index in [1.165, 1.54) is 35.2 Å². The highest BCUT2D eigenvalue weighted by atomic mass is 16.6. The zero-order valence-corrected chi connectivity index (χ0v) is 31.7. The second-order valence-corrected chi connectivity index (χ2v) is 14.4. The normalized spacial score (nSPS) is 14.8. The molecule has 0 unspecified atom stereocenters. The molecule has 290 valence electrons. The summed E-state index contributed by atoms with van der Waals surface area (Å²) in [5.41, 5.74) is -0.135. The van der Waals surface area contributed by atoms with Gasteiger partial charge < -0.3 is 33.9 Å². The highest BCUT2D eigenvalue weighted by molar-refractivity contribution is 6.05. The second-order valence-electron chi connectivity index (χ2n) is 14.4. The highest BCUT2D eigenvalue weighted by Crippen LogP contribution is 2.28. The molecule has 4 rings (SSSR count). The Bertz CT molecular complexity index is 1920. The van der Waals surface area contributed by atoms with E-state index in [0.717, 1.165) is 12.5 Å². The van der Waals surface area contributed by atoms with Crippen LogP contribution in [0.3, 0.4) is 0 Å². The number of hydrogen-bond acceptors (Lipinski definition) is 11. The van der Waals surface area contributed by atoms with Crippen molar-refractivity contribution in [3.63, 3.8) is 0 Å². The van der Waals surface area contributed by atoms with E-state index in [0.29, 0.717) is 10.6 Å². The van der Waals surface area contributed by atoms with Crippen LogP contribution in [-0.2, 0) is 51.2 Å². The summed E-state index contributed by atoms with van der Waals surface area (Å²) in [5, 5.41) is 2.59. The van der Waals surface area contributed by atoms with Crippen molar-refractivity contribution in [1.82, 2.24) is 4.90 Å². The predicted molar refractivity (Wildman–Crippen MR) is 199 cm³/mol. The molecule has 0 radical (unpaired) electrons. The fourth-order valence-corrected chi connectivity index (χ4v) is 5.22. The average molecular weight is 757 g/mol. The number of ether oxygens (including phenoxy) is 5. The quantitative estimate of drug-likeness (QED) is 0.135. The Kier molecular flexibility index (Phi) is 13.4. The Balaban J connectivity index is 1.53. The minimum atomic E-state index is -1.75. The minimum absolute atomic E-state index is 0.0165. The van der Waals surface area contributed by atoms with Gasteiger partial charge in [0, 0.05) is 24.8 Å². The number of imide groups is 1. The first-order valence-corrected chi connectivity index (χ1v) is 17.3. The van der Waals surface area contributed by atoms with Gasteiger partial charge in [0.05, 0.1) is 25.3 Å². The topological polar surface area (TPSA) is 171 Å². The number of carbonyl (C=O) groups excluding carboxylic acids is 6. The van der Waals surface area contributed by atoms with E-state index in [1.807, 2.05) is 30.3 Å². The molecule has 0 bridgehead atoms. The third kappa shape index (κ3) is 11.9. The first-order chi connectivity index (χ1) is 25.8. The van der Waals surface area contributed by atoms with E-state index >= 15 is 0 Å². The fourth-order valence-electron chi connectivity index (χ4n) is 5.22. The van der Waals surface area contributed by atoms with Gasteiger partial charge in [-0.3, -0.25) is 14.4 Å². The Labute approximate surface area is 319 Å². The van der Waals surface area contributed by atoms with E-state index in [1.54, 1.807) is 53.7 Å². The van der Waals surface area contributed by atoms with Crippen LogP contribution in [-0.4, -0.2) is 77.4 Å². The predicted octanol–water partition coefficient (Wildman–Crippen LogP) is 6.57. The summed E-state index contributed by atoms with van der Waals surface area (Å²) in [6, 6.07) is 19.4. The molecule has 2 atom stereocenters. The van der Waals surface area contributed by atoms with Gasteiger partial charge in [0.1, 0.15) is 17.8 Å². The molecule has 1 fully saturated rings. The van der Waals surface area contributed by atoms with Gasteiger partial charge in [-0.1, -0.05) is 36.4 Å². The number of amides is 4. The van der Waals surface area contributed by atoms with Crippen molar-refractivity contribution in [2.45, 2.75) is 85.0 Å². The van der Waals surface area contributed by atoms with E-state index in [9.17, 15) is 28.8 Å². The standard InChI is InChI=1S/C40H44N4O11/c1-25(45)53-32(33-35(47)43(20-21-51-33)30-17-14-27(15-18-30)36(48)52-24-26-12-10-9-11-13-26)34(46)42-29-16-19-31(41-8)28(22-29)23-44(37(49)54-39(2,3)4)38(50)55-40(5,6)7/h9-19,22,32-33H,20-21,23-24H2,1-7H3,(H,42,46)/t32-,33-/m1/s1. The molecule has 0 spiro atoms. The molecular formula is C40H44N4O11. The average Bonchev–Trinajstić information content (AvgIpc) is 3.11. The monoisotopic (exact) mass is 756 g/mol. The second kappa shape index (κ2) is 17.7. The molecule has 0 aliphatic carbocycles. The molecule has 1 aliphatic rings. The maximum atomic E-state index is 13.8. The van der Waals surface area contributed by atoms with Crippen LogP contribution in [0.5, 0.6) is 0 Å². The molecule has 1 saturated heterocycles. The molecule has 4 amide bonds. The van der Waals surface area contributed by atoms with Crippen molar-refractivity contribution in [2.75, 3.05) is 23.4 Å². The fraction of sp³-hybridized carbons (Fsp3) is 0.375. The SMILES string of the molecule is [C-]#[N+]c1ccc(NC(=O)[C@H](OC(C)=O)[C@H]2OCCN(c3ccc(C(=O)OCc4ccccc4)cc3)C2=O)cc1CN(C(=O)OC(C)(C)C)C(=O)OC(C)(C)C. The van der Waals surface area contributed by atoms with Crippen molar-refractivity contribution in [1.29, 1.82) is 0 Å². The van der Waals surface area contributed by atoms with E-state index < -0.39 is 65.9 Å². The highest BCUT2D eigenvalue weighted by Gasteiger charge is 2.43. The molecule has 55 heavy (non-hydrogen) atoms. The third-order valence-corrected chi connectivity index (χ3v) is 7.60. The molecule has 0 aromatic heterocycles. The van der Waals surface area contributed by atoms with Crippen LogP contribution in [0.2, 0.25) is 0 Å². The molecule has 15 nitrogen and oxygen atoms in total. The maximum absolute atomic E-state index is 13.8. The zero-order valence-electron chi connectivity index (χ0n) is 31.7. The summed E-state index contributed by atoms with van der Waals surface area (Å²) in [5.74, 6) is -3.02. The van der Waals surface area contributed by atoms with Crippen molar-refractivity contribution in [2.24, 2.45) is 0 Å². The van der Waals surface area contributed by atoms with E-state index in [2.05, 4.69) is 10.2 Å². The first-order valence-electron chi connectivity index (χ1n) is 17.3. The van der Waals surface area contributed by atoms with Gasteiger partial charge in [0.2, 0.25) is 6.10 Å². The van der Waals surface area contributed by atoms with Crippen molar-refractivity contribution < 1.29 is 52.5 Å². The van der Waals surface area contributed by atoms with Gasteiger partial charge in [0.25, 0.3) is 11.8 Å². The van der Waals surface area contributed by atoms with Crippen LogP contribution in [0.15, 0.2) is 72.8 Å². The molecule has 0 saturated carbocycles. The van der Waals surface area contributed by atoms with Crippen LogP contribution in [0, 0.1) is 6.57 Å². The van der Waals surface area contributed by atoms with Crippen LogP contribution >= 0.6 is 0 Å². The molecule has 1 aliphatic heterocycles. The number of nitrogens with one attached hydrogen (secondary N) is 1. The summed E-state index contributed by atoms with van der Waals surface area (Å²) in [6.45, 7) is 18.2. The molecule has 1 heterocycles. The number of carbonyl (C=O) groups is 6. The lowest BCUT2D eigenvalue weighted by Crippen LogP contribution is -2.56. The molecule has 1 N–H and O–H groups in total. The van der Waals surface area contributed by atoms with Crippen LogP contribution < -0.4 is 10.2 Å². The summed E-state index contributed by atoms with van der Waals surface area (Å²) in [7, 11) is 0. The van der Waals surface area contributed by atoms with Crippen molar-refractivity contribution in [3.05, 3.63) is 101 Å². The lowest BCUT2D eigenvalue weighted by Gasteiger charge is -2.35. The number of nitrogens with zero attached hydrogens (tertiary/aromatic N) is 3. The largest absolute Gasteiger partial charge is 0.457 e. The number of hydrogen-bond donors (Lipinski definition) is 1. The van der Waals surface area contributed by atoms with Gasteiger partial charge in [-0.25, -0.2) is 24.1 Å². The minimum Gasteiger partial charge on any atom is -0.457 e. The zero-order chi connectivity index (χ0) is 40.5. The third-order valence-electron chi connectivity index (χ3n) is 7.60. The van der Waals surface area contributed by atoms with Gasteiger partial charge in [0.15, 0.2) is 11.8 Å². The molecular weight excluding hydrogens is 712 g/mol. The van der Waals surface area contributed by atoms with Gasteiger partial charge in [-0.15, -0.1) is 0 Å². The van der Waals surface area contributed by atoms with E-state index in [4.69, 9.17) is 30.3 Å². The smallest absolute Gasteiger partial charge is 0.420 e. The summed E-state index contributed by atoms with van der Waals surface area (Å²) < 4.78 is 27.2. The molecule has 3 aromatic carbocycles. The Morgan fingerprint density at radius 2 is 1.55 bits per heavy atom. The Hall–Kier alpha value is -6.27.